The van der Waals surface area contributed by atoms with E-state index in [4.69, 9.17) is 31.3 Å². The van der Waals surface area contributed by atoms with Gasteiger partial charge in [0, 0.05) is 50.8 Å². The van der Waals surface area contributed by atoms with Crippen LogP contribution in [0.2, 0.25) is 0 Å². The van der Waals surface area contributed by atoms with Crippen molar-refractivity contribution in [1.82, 2.24) is 0 Å². The zero-order valence-corrected chi connectivity index (χ0v) is 32.0. The Balaban J connectivity index is 1.91. The number of hydrogen-bond acceptors (Lipinski definition) is 9. The van der Waals surface area contributed by atoms with E-state index in [2.05, 4.69) is 12.1 Å². The maximum absolute atomic E-state index is 10.5. The van der Waals surface area contributed by atoms with Gasteiger partial charge in [0.1, 0.15) is 17.4 Å². The molecule has 11 heteroatoms. The summed E-state index contributed by atoms with van der Waals surface area (Å²) in [6, 6.07) is 22.3. The van der Waals surface area contributed by atoms with Crippen LogP contribution in [0.3, 0.4) is 0 Å². The second-order valence-corrected chi connectivity index (χ2v) is 15.8. The molecule has 0 bridgehead atoms. The monoisotopic (exact) mass is 710 g/mol. The fraction of sp³-hybridized carbons (Fsp3) is 0.333. The lowest BCUT2D eigenvalue weighted by molar-refractivity contribution is 0.0837. The van der Waals surface area contributed by atoms with E-state index in [0.717, 1.165) is 32.7 Å². The topological polar surface area (TPSA) is 112 Å². The molecule has 0 aromatic heterocycles. The third kappa shape index (κ3) is 8.59. The Kier molecular flexibility index (Phi) is 14.1. The molecule has 0 heterocycles. The molecule has 4 aromatic rings. The molecule has 0 saturated heterocycles. The SMILES string of the molecule is CCO[Si](C=Cc1ccc2c(-c3c(C#N)c(OC)cc4cc(C=C[Si](OCC)(OCC)OCC)ccc34)c(C#N)ccc2c1)(OCC)OCC. The van der Waals surface area contributed by atoms with Gasteiger partial charge in [-0.3, -0.25) is 0 Å². The Morgan fingerprint density at radius 3 is 1.44 bits per heavy atom. The van der Waals surface area contributed by atoms with Crippen LogP contribution in [0, 0.1) is 22.7 Å². The van der Waals surface area contributed by atoms with Crippen LogP contribution in [0.15, 0.2) is 66.0 Å². The van der Waals surface area contributed by atoms with Gasteiger partial charge in [0.15, 0.2) is 0 Å². The van der Waals surface area contributed by atoms with Gasteiger partial charge in [0.2, 0.25) is 0 Å². The highest BCUT2D eigenvalue weighted by atomic mass is 28.4. The van der Waals surface area contributed by atoms with Gasteiger partial charge in [0.05, 0.1) is 18.7 Å². The first-order valence-corrected chi connectivity index (χ1v) is 20.6. The van der Waals surface area contributed by atoms with Crippen molar-refractivity contribution >= 4 is 51.3 Å². The Bertz CT molecular complexity index is 1900. The molecule has 0 saturated carbocycles. The summed E-state index contributed by atoms with van der Waals surface area (Å²) in [4.78, 5) is 0. The molecule has 50 heavy (non-hydrogen) atoms. The number of hydrogen-bond donors (Lipinski definition) is 0. The summed E-state index contributed by atoms with van der Waals surface area (Å²) in [6.07, 6.45) is 3.91. The molecule has 9 nitrogen and oxygen atoms in total. The molecule has 262 valence electrons. The summed E-state index contributed by atoms with van der Waals surface area (Å²) >= 11 is 0. The van der Waals surface area contributed by atoms with E-state index in [9.17, 15) is 10.5 Å². The second-order valence-electron chi connectivity index (χ2n) is 11.0. The zero-order valence-electron chi connectivity index (χ0n) is 30.0. The van der Waals surface area contributed by atoms with Crippen molar-refractivity contribution in [2.45, 2.75) is 41.5 Å². The molecule has 0 spiro atoms. The molecule has 0 aliphatic heterocycles. The minimum atomic E-state index is -3.03. The fourth-order valence-corrected chi connectivity index (χ4v) is 10.3. The van der Waals surface area contributed by atoms with Crippen molar-refractivity contribution < 1.29 is 31.3 Å². The first-order valence-electron chi connectivity index (χ1n) is 17.0. The molecular formula is C39H46N2O7Si2. The van der Waals surface area contributed by atoms with E-state index < -0.39 is 17.6 Å². The van der Waals surface area contributed by atoms with E-state index in [0.29, 0.717) is 67.6 Å². The quantitative estimate of drug-likeness (QED) is 0.0937. The van der Waals surface area contributed by atoms with Crippen molar-refractivity contribution in [3.8, 4) is 29.0 Å². The molecule has 0 unspecified atom stereocenters. The van der Waals surface area contributed by atoms with Crippen LogP contribution in [0.1, 0.15) is 63.8 Å². The minimum absolute atomic E-state index is 0.354. The van der Waals surface area contributed by atoms with Crippen molar-refractivity contribution in [2.75, 3.05) is 46.8 Å². The number of fused-ring (bicyclic) bond motifs is 2. The number of benzene rings is 4. The maximum atomic E-state index is 10.5. The van der Waals surface area contributed by atoms with Crippen LogP contribution in [0.25, 0.3) is 44.8 Å². The normalized spacial score (nSPS) is 12.3. The average molecular weight is 711 g/mol. The fourth-order valence-electron chi connectivity index (χ4n) is 5.99. The third-order valence-electron chi connectivity index (χ3n) is 7.91. The second kappa shape index (κ2) is 18.2. The van der Waals surface area contributed by atoms with Gasteiger partial charge < -0.3 is 31.3 Å². The van der Waals surface area contributed by atoms with Crippen molar-refractivity contribution in [1.29, 1.82) is 10.5 Å². The lowest BCUT2D eigenvalue weighted by Crippen LogP contribution is -2.44. The molecule has 0 radical (unpaired) electrons. The molecule has 0 amide bonds. The van der Waals surface area contributed by atoms with Crippen LogP contribution in [-0.4, -0.2) is 64.4 Å². The van der Waals surface area contributed by atoms with E-state index in [1.54, 1.807) is 13.2 Å². The molecule has 0 aliphatic rings. The first kappa shape index (κ1) is 38.7. The number of ether oxygens (including phenoxy) is 1. The number of nitriles is 2. The molecule has 0 aliphatic carbocycles. The van der Waals surface area contributed by atoms with Crippen LogP contribution in [0.4, 0.5) is 0 Å². The molecule has 0 fully saturated rings. The Morgan fingerprint density at radius 2 is 1.02 bits per heavy atom. The van der Waals surface area contributed by atoms with E-state index in [1.165, 1.54) is 0 Å². The highest BCUT2D eigenvalue weighted by molar-refractivity contribution is 6.67. The Labute approximate surface area is 297 Å². The number of methoxy groups -OCH3 is 1. The summed E-state index contributed by atoms with van der Waals surface area (Å²) in [5.41, 5.74) is 7.74. The average Bonchev–Trinajstić information content (AvgIpc) is 3.12. The van der Waals surface area contributed by atoms with Gasteiger partial charge in [-0.25, -0.2) is 0 Å². The van der Waals surface area contributed by atoms with Crippen LogP contribution in [0.5, 0.6) is 5.75 Å². The molecule has 4 rings (SSSR count). The van der Waals surface area contributed by atoms with Gasteiger partial charge in [-0.05, 0) is 110 Å². The summed E-state index contributed by atoms with van der Waals surface area (Å²) in [5, 5.41) is 24.2. The Morgan fingerprint density at radius 1 is 0.560 bits per heavy atom. The lowest BCUT2D eigenvalue weighted by atomic mass is 9.86. The van der Waals surface area contributed by atoms with Crippen LogP contribution in [-0.2, 0) is 26.6 Å². The summed E-state index contributed by atoms with van der Waals surface area (Å²) in [5.74, 6) is 0.419. The highest BCUT2D eigenvalue weighted by Crippen LogP contribution is 2.43. The molecule has 4 aromatic carbocycles. The first-order chi connectivity index (χ1) is 24.3. The van der Waals surface area contributed by atoms with Crippen molar-refractivity contribution in [3.63, 3.8) is 0 Å². The van der Waals surface area contributed by atoms with E-state index in [-0.39, 0.29) is 0 Å². The predicted octanol–water partition coefficient (Wildman–Crippen LogP) is 8.61. The van der Waals surface area contributed by atoms with Crippen LogP contribution < -0.4 is 4.74 Å². The van der Waals surface area contributed by atoms with Gasteiger partial charge in [-0.15, -0.1) is 0 Å². The standard InChI is InChI=1S/C39H46N2O7Si2/c1-8-43-49(44-9-2,45-10-3)22-20-29-14-18-34-31(24-29)16-17-32(27-40)38(34)39-35-19-15-30(25-33(35)26-37(42-7)36(39)28-41)21-23-50(46-11-4,47-12-5)48-13-6/h14-26H,8-13H2,1-7H3. The summed E-state index contributed by atoms with van der Waals surface area (Å²) in [7, 11) is -4.49. The smallest absolute Gasteiger partial charge is 0.495 e. The van der Waals surface area contributed by atoms with E-state index in [1.807, 2.05) is 114 Å². The third-order valence-corrected chi connectivity index (χ3v) is 13.2. The molecule has 0 N–H and O–H groups in total. The Hall–Kier alpha value is -4.15. The minimum Gasteiger partial charge on any atom is -0.495 e. The lowest BCUT2D eigenvalue weighted by Gasteiger charge is -2.25. The van der Waals surface area contributed by atoms with Gasteiger partial charge in [-0.1, -0.05) is 42.5 Å². The summed E-state index contributed by atoms with van der Waals surface area (Å²) in [6.45, 7) is 14.3. The highest BCUT2D eigenvalue weighted by Gasteiger charge is 2.38. The largest absolute Gasteiger partial charge is 0.529 e. The van der Waals surface area contributed by atoms with E-state index >= 15 is 0 Å². The zero-order chi connectivity index (χ0) is 36.1. The van der Waals surface area contributed by atoms with Gasteiger partial charge in [-0.2, -0.15) is 10.5 Å². The predicted molar refractivity (Wildman–Crippen MR) is 202 cm³/mol. The van der Waals surface area contributed by atoms with Crippen LogP contribution >= 0.6 is 0 Å². The number of rotatable bonds is 18. The summed E-state index contributed by atoms with van der Waals surface area (Å²) < 4.78 is 41.8. The van der Waals surface area contributed by atoms with Gasteiger partial charge in [0.25, 0.3) is 0 Å². The maximum Gasteiger partial charge on any atom is 0.529 e. The molecule has 0 atom stereocenters. The molecular weight excluding hydrogens is 665 g/mol. The van der Waals surface area contributed by atoms with Gasteiger partial charge >= 0.3 is 17.6 Å². The van der Waals surface area contributed by atoms with Crippen molar-refractivity contribution in [3.05, 3.63) is 88.2 Å². The van der Waals surface area contributed by atoms with Crippen molar-refractivity contribution in [2.24, 2.45) is 0 Å². The number of nitrogens with zero attached hydrogens (tertiary/aromatic N) is 2.